The van der Waals surface area contributed by atoms with Crippen molar-refractivity contribution in [1.29, 1.82) is 0 Å². The van der Waals surface area contributed by atoms with E-state index >= 15 is 0 Å². The van der Waals surface area contributed by atoms with Gasteiger partial charge in [0.2, 0.25) is 0 Å². The van der Waals surface area contributed by atoms with Crippen molar-refractivity contribution in [2.75, 3.05) is 0 Å². The van der Waals surface area contributed by atoms with Gasteiger partial charge in [-0.1, -0.05) is 20.8 Å². The first kappa shape index (κ1) is 19.6. The van der Waals surface area contributed by atoms with Gasteiger partial charge in [-0.25, -0.2) is 0 Å². The zero-order valence-electron chi connectivity index (χ0n) is 14.9. The van der Waals surface area contributed by atoms with Gasteiger partial charge in [-0.3, -0.25) is 4.79 Å². The second-order valence-electron chi connectivity index (χ2n) is 8.17. The molecule has 120 valence electrons. The van der Waals surface area contributed by atoms with E-state index in [1.54, 1.807) is 0 Å². The molecule has 0 aliphatic heterocycles. The molecule has 0 fully saturated rings. The summed E-state index contributed by atoms with van der Waals surface area (Å²) in [6.07, 6.45) is 2.41. The second-order valence-corrected chi connectivity index (χ2v) is 12.9. The molecule has 0 bridgehead atoms. The lowest BCUT2D eigenvalue weighted by Crippen LogP contribution is -2.43. The Hall–Kier alpha value is -0.353. The first-order valence-corrected chi connectivity index (χ1v) is 10.5. The Balaban J connectivity index is 4.07. The van der Waals surface area contributed by atoms with E-state index in [0.29, 0.717) is 6.42 Å². The average molecular weight is 303 g/mol. The molecule has 0 rings (SSSR count). The van der Waals surface area contributed by atoms with Gasteiger partial charge in [-0.15, -0.1) is 0 Å². The third-order valence-electron chi connectivity index (χ3n) is 3.71. The van der Waals surface area contributed by atoms with Crippen LogP contribution in [-0.2, 0) is 14.0 Å². The van der Waals surface area contributed by atoms with Crippen LogP contribution in [0.4, 0.5) is 0 Å². The van der Waals surface area contributed by atoms with E-state index in [9.17, 15) is 4.79 Å². The Morgan fingerprint density at radius 3 is 2.00 bits per heavy atom. The highest BCUT2D eigenvalue weighted by Crippen LogP contribution is 2.37. The summed E-state index contributed by atoms with van der Waals surface area (Å²) in [4.78, 5) is 11.6. The van der Waals surface area contributed by atoms with Crippen molar-refractivity contribution in [2.24, 2.45) is 0 Å². The molecule has 0 saturated heterocycles. The minimum atomic E-state index is -1.70. The minimum absolute atomic E-state index is 0.114. The molecule has 4 heteroatoms. The summed E-state index contributed by atoms with van der Waals surface area (Å²) in [6, 6.07) is 0. The molecule has 0 radical (unpaired) electrons. The summed E-state index contributed by atoms with van der Waals surface area (Å²) in [5.41, 5.74) is -0.389. The van der Waals surface area contributed by atoms with Gasteiger partial charge in [-0.2, -0.15) is 0 Å². The summed E-state index contributed by atoms with van der Waals surface area (Å²) >= 11 is 0. The van der Waals surface area contributed by atoms with Crippen LogP contribution in [0.5, 0.6) is 0 Å². The standard InChI is InChI=1S/C16H34O3Si/c1-13(19-20(8,9)16(5,6)7)11-10-12-14(17)18-15(2,3)4/h13H,10-12H2,1-9H3/t13-/m0/s1. The Labute approximate surface area is 126 Å². The largest absolute Gasteiger partial charge is 0.460 e. The lowest BCUT2D eigenvalue weighted by molar-refractivity contribution is -0.155. The predicted molar refractivity (Wildman–Crippen MR) is 87.4 cm³/mol. The molecule has 0 unspecified atom stereocenters. The third kappa shape index (κ3) is 8.05. The molecule has 0 spiro atoms. The summed E-state index contributed by atoms with van der Waals surface area (Å²) in [7, 11) is -1.70. The fourth-order valence-electron chi connectivity index (χ4n) is 1.67. The van der Waals surface area contributed by atoms with Crippen LogP contribution >= 0.6 is 0 Å². The maximum absolute atomic E-state index is 11.6. The summed E-state index contributed by atoms with van der Waals surface area (Å²) in [6.45, 7) is 19.0. The number of carbonyl (C=O) groups excluding carboxylic acids is 1. The summed E-state index contributed by atoms with van der Waals surface area (Å²) in [5, 5.41) is 0.229. The zero-order chi connectivity index (χ0) is 16.2. The van der Waals surface area contributed by atoms with Crippen molar-refractivity contribution in [3.63, 3.8) is 0 Å². The number of rotatable bonds is 6. The van der Waals surface area contributed by atoms with Crippen molar-refractivity contribution >= 4 is 14.3 Å². The Morgan fingerprint density at radius 2 is 1.60 bits per heavy atom. The lowest BCUT2D eigenvalue weighted by Gasteiger charge is -2.38. The van der Waals surface area contributed by atoms with Gasteiger partial charge < -0.3 is 9.16 Å². The second kappa shape index (κ2) is 7.08. The van der Waals surface area contributed by atoms with E-state index in [0.717, 1.165) is 12.8 Å². The van der Waals surface area contributed by atoms with Crippen LogP contribution in [0, 0.1) is 0 Å². The highest BCUT2D eigenvalue weighted by molar-refractivity contribution is 6.74. The van der Waals surface area contributed by atoms with E-state index < -0.39 is 8.32 Å². The Morgan fingerprint density at radius 1 is 1.10 bits per heavy atom. The van der Waals surface area contributed by atoms with E-state index in [2.05, 4.69) is 40.8 Å². The summed E-state index contributed by atoms with van der Waals surface area (Å²) < 4.78 is 11.6. The molecule has 1 atom stereocenters. The van der Waals surface area contributed by atoms with Crippen LogP contribution in [-0.4, -0.2) is 26.0 Å². The fourth-order valence-corrected chi connectivity index (χ4v) is 3.14. The highest BCUT2D eigenvalue weighted by atomic mass is 28.4. The monoisotopic (exact) mass is 302 g/mol. The predicted octanol–water partition coefficient (Wildman–Crippen LogP) is 4.91. The molecular weight excluding hydrogens is 268 g/mol. The number of esters is 1. The van der Waals surface area contributed by atoms with Crippen LogP contribution in [0.25, 0.3) is 0 Å². The van der Waals surface area contributed by atoms with E-state index in [1.165, 1.54) is 0 Å². The molecule has 0 heterocycles. The van der Waals surface area contributed by atoms with Gasteiger partial charge in [0.25, 0.3) is 0 Å². The molecule has 0 N–H and O–H groups in total. The Bertz CT molecular complexity index is 311. The molecular formula is C16H34O3Si. The first-order chi connectivity index (χ1) is 8.74. The first-order valence-electron chi connectivity index (χ1n) is 7.64. The molecule has 0 saturated carbocycles. The quantitative estimate of drug-likeness (QED) is 0.516. The zero-order valence-corrected chi connectivity index (χ0v) is 15.9. The average Bonchev–Trinajstić information content (AvgIpc) is 2.11. The summed E-state index contributed by atoms with van der Waals surface area (Å²) in [5.74, 6) is -0.114. The van der Waals surface area contributed by atoms with E-state index in [-0.39, 0.29) is 22.7 Å². The lowest BCUT2D eigenvalue weighted by atomic mass is 10.1. The fraction of sp³-hybridized carbons (Fsp3) is 0.938. The molecule has 0 aromatic rings. The van der Waals surface area contributed by atoms with E-state index in [1.807, 2.05) is 20.8 Å². The Kier molecular flexibility index (Phi) is 6.95. The molecule has 0 aliphatic carbocycles. The molecule has 20 heavy (non-hydrogen) atoms. The topological polar surface area (TPSA) is 35.5 Å². The van der Waals surface area contributed by atoms with Crippen molar-refractivity contribution in [3.8, 4) is 0 Å². The van der Waals surface area contributed by atoms with Crippen LogP contribution < -0.4 is 0 Å². The van der Waals surface area contributed by atoms with Gasteiger partial charge in [0.05, 0.1) is 0 Å². The van der Waals surface area contributed by atoms with Gasteiger partial charge in [0.1, 0.15) is 5.60 Å². The van der Waals surface area contributed by atoms with Crippen molar-refractivity contribution < 1.29 is 14.0 Å². The molecule has 3 nitrogen and oxygen atoms in total. The van der Waals surface area contributed by atoms with Gasteiger partial charge in [0, 0.05) is 12.5 Å². The smallest absolute Gasteiger partial charge is 0.306 e. The van der Waals surface area contributed by atoms with Crippen LogP contribution in [0.1, 0.15) is 67.7 Å². The van der Waals surface area contributed by atoms with Gasteiger partial charge in [0.15, 0.2) is 8.32 Å². The van der Waals surface area contributed by atoms with Crippen molar-refractivity contribution in [2.45, 2.75) is 97.6 Å². The van der Waals surface area contributed by atoms with Gasteiger partial charge >= 0.3 is 5.97 Å². The van der Waals surface area contributed by atoms with Gasteiger partial charge in [-0.05, 0) is 58.7 Å². The van der Waals surface area contributed by atoms with Crippen LogP contribution in [0.2, 0.25) is 18.1 Å². The van der Waals surface area contributed by atoms with Crippen molar-refractivity contribution in [1.82, 2.24) is 0 Å². The minimum Gasteiger partial charge on any atom is -0.460 e. The van der Waals surface area contributed by atoms with Crippen LogP contribution in [0.15, 0.2) is 0 Å². The molecule has 0 aliphatic rings. The number of hydrogen-bond acceptors (Lipinski definition) is 3. The SMILES string of the molecule is C[C@@H](CCCC(=O)OC(C)(C)C)O[Si](C)(C)C(C)(C)C. The maximum atomic E-state index is 11.6. The number of hydrogen-bond donors (Lipinski definition) is 0. The normalized spacial score (nSPS) is 15.1. The third-order valence-corrected chi connectivity index (χ3v) is 8.32. The molecule has 0 aromatic carbocycles. The highest BCUT2D eigenvalue weighted by Gasteiger charge is 2.38. The number of carbonyl (C=O) groups is 1. The van der Waals surface area contributed by atoms with Crippen LogP contribution in [0.3, 0.4) is 0 Å². The maximum Gasteiger partial charge on any atom is 0.306 e. The molecule has 0 amide bonds. The van der Waals surface area contributed by atoms with E-state index in [4.69, 9.17) is 9.16 Å². The van der Waals surface area contributed by atoms with Crippen molar-refractivity contribution in [3.05, 3.63) is 0 Å². The molecule has 0 aromatic heterocycles. The number of ether oxygens (including phenoxy) is 1.